The summed E-state index contributed by atoms with van der Waals surface area (Å²) >= 11 is 0. The Morgan fingerprint density at radius 3 is 2.15 bits per heavy atom. The molecule has 0 bridgehead atoms. The number of rotatable bonds is 5. The maximum Gasteiger partial charge on any atom is 0.0717 e. The fraction of sp³-hybridized carbons (Fsp3) is 1.00. The highest BCUT2D eigenvalue weighted by atomic mass is 16.5. The predicted octanol–water partition coefficient (Wildman–Crippen LogP) is 3.24. The highest BCUT2D eigenvalue weighted by Gasteiger charge is 2.51. The smallest absolute Gasteiger partial charge is 0.0717 e. The van der Waals surface area contributed by atoms with E-state index in [-0.39, 0.29) is 5.41 Å². The first-order valence-electron chi connectivity index (χ1n) is 8.54. The third kappa shape index (κ3) is 3.05. The lowest BCUT2D eigenvalue weighted by Gasteiger charge is -2.53. The Hall–Kier alpha value is -0.120. The molecule has 0 aromatic heterocycles. The predicted molar refractivity (Wildman–Crippen MR) is 82.6 cm³/mol. The standard InChI is InChI=1S/C17H33NO2/c1-3-4-14-5-9-16(13-18,10-6-14)17(19)11-7-15(20-2)8-12-17/h14-15,19H,3-13,18H2,1-2H3. The van der Waals surface area contributed by atoms with Gasteiger partial charge in [-0.25, -0.2) is 0 Å². The van der Waals surface area contributed by atoms with Crippen LogP contribution in [-0.4, -0.2) is 30.5 Å². The van der Waals surface area contributed by atoms with Crippen molar-refractivity contribution in [1.82, 2.24) is 0 Å². The van der Waals surface area contributed by atoms with Crippen LogP contribution < -0.4 is 5.73 Å². The van der Waals surface area contributed by atoms with Crippen LogP contribution in [0.4, 0.5) is 0 Å². The summed E-state index contributed by atoms with van der Waals surface area (Å²) in [6.45, 7) is 2.91. The van der Waals surface area contributed by atoms with E-state index in [4.69, 9.17) is 10.5 Å². The first kappa shape index (κ1) is 16.3. The molecule has 3 nitrogen and oxygen atoms in total. The third-order valence-electron chi connectivity index (χ3n) is 6.23. The first-order chi connectivity index (χ1) is 9.59. The van der Waals surface area contributed by atoms with E-state index < -0.39 is 5.60 Å². The topological polar surface area (TPSA) is 55.5 Å². The minimum Gasteiger partial charge on any atom is -0.389 e. The van der Waals surface area contributed by atoms with E-state index in [1.54, 1.807) is 7.11 Å². The number of methoxy groups -OCH3 is 1. The summed E-state index contributed by atoms with van der Waals surface area (Å²) in [4.78, 5) is 0. The molecule has 2 aliphatic carbocycles. The molecular weight excluding hydrogens is 250 g/mol. The molecule has 0 saturated heterocycles. The minimum atomic E-state index is -0.548. The quantitative estimate of drug-likeness (QED) is 0.814. The van der Waals surface area contributed by atoms with Gasteiger partial charge in [-0.3, -0.25) is 0 Å². The molecular formula is C17H33NO2. The highest BCUT2D eigenvalue weighted by molar-refractivity contribution is 5.04. The van der Waals surface area contributed by atoms with Crippen molar-refractivity contribution in [2.45, 2.75) is 82.8 Å². The van der Waals surface area contributed by atoms with Crippen LogP contribution in [0.1, 0.15) is 71.1 Å². The van der Waals surface area contributed by atoms with Gasteiger partial charge in [-0.15, -0.1) is 0 Å². The van der Waals surface area contributed by atoms with Gasteiger partial charge in [0.2, 0.25) is 0 Å². The van der Waals surface area contributed by atoms with Gasteiger partial charge in [0.1, 0.15) is 0 Å². The molecule has 2 aliphatic rings. The average Bonchev–Trinajstić information content (AvgIpc) is 2.49. The number of aliphatic hydroxyl groups is 1. The lowest BCUT2D eigenvalue weighted by Crippen LogP contribution is -2.56. The van der Waals surface area contributed by atoms with Gasteiger partial charge < -0.3 is 15.6 Å². The van der Waals surface area contributed by atoms with Gasteiger partial charge in [0.25, 0.3) is 0 Å². The van der Waals surface area contributed by atoms with E-state index in [1.807, 2.05) is 0 Å². The molecule has 0 aromatic carbocycles. The molecule has 2 fully saturated rings. The Balaban J connectivity index is 2.01. The number of ether oxygens (including phenoxy) is 1. The Bertz CT molecular complexity index is 289. The van der Waals surface area contributed by atoms with E-state index in [9.17, 15) is 5.11 Å². The second-order valence-electron chi connectivity index (χ2n) is 7.18. The maximum absolute atomic E-state index is 11.2. The van der Waals surface area contributed by atoms with Crippen LogP contribution in [0.2, 0.25) is 0 Å². The lowest BCUT2D eigenvalue weighted by atomic mass is 9.57. The minimum absolute atomic E-state index is 0.0318. The van der Waals surface area contributed by atoms with Crippen LogP contribution in [-0.2, 0) is 4.74 Å². The molecule has 2 saturated carbocycles. The Morgan fingerprint density at radius 1 is 1.10 bits per heavy atom. The van der Waals surface area contributed by atoms with Crippen LogP contribution in [0, 0.1) is 11.3 Å². The molecule has 0 radical (unpaired) electrons. The van der Waals surface area contributed by atoms with Crippen LogP contribution in [0.5, 0.6) is 0 Å². The summed E-state index contributed by atoms with van der Waals surface area (Å²) in [5, 5.41) is 11.2. The van der Waals surface area contributed by atoms with Crippen molar-refractivity contribution in [3.63, 3.8) is 0 Å². The van der Waals surface area contributed by atoms with Gasteiger partial charge in [0.15, 0.2) is 0 Å². The van der Waals surface area contributed by atoms with E-state index in [2.05, 4.69) is 6.92 Å². The van der Waals surface area contributed by atoms with Gasteiger partial charge in [0, 0.05) is 19.1 Å². The van der Waals surface area contributed by atoms with Gasteiger partial charge in [0.05, 0.1) is 11.7 Å². The van der Waals surface area contributed by atoms with Gasteiger partial charge in [-0.1, -0.05) is 19.8 Å². The van der Waals surface area contributed by atoms with Crippen LogP contribution in [0.25, 0.3) is 0 Å². The van der Waals surface area contributed by atoms with Crippen molar-refractivity contribution in [1.29, 1.82) is 0 Å². The van der Waals surface area contributed by atoms with E-state index >= 15 is 0 Å². The molecule has 2 rings (SSSR count). The van der Waals surface area contributed by atoms with Gasteiger partial charge in [-0.2, -0.15) is 0 Å². The number of hydrogen-bond acceptors (Lipinski definition) is 3. The van der Waals surface area contributed by atoms with Gasteiger partial charge >= 0.3 is 0 Å². The molecule has 0 spiro atoms. The summed E-state index contributed by atoms with van der Waals surface area (Å²) in [5.74, 6) is 0.860. The second kappa shape index (κ2) is 6.76. The summed E-state index contributed by atoms with van der Waals surface area (Å²) in [7, 11) is 1.78. The first-order valence-corrected chi connectivity index (χ1v) is 8.54. The normalized spacial score (nSPS) is 42.6. The molecule has 0 heterocycles. The van der Waals surface area contributed by atoms with Crippen molar-refractivity contribution in [2.75, 3.05) is 13.7 Å². The Kier molecular flexibility index (Phi) is 5.49. The lowest BCUT2D eigenvalue weighted by molar-refractivity contribution is -0.142. The zero-order valence-corrected chi connectivity index (χ0v) is 13.4. The molecule has 3 N–H and O–H groups in total. The molecule has 0 unspecified atom stereocenters. The molecule has 20 heavy (non-hydrogen) atoms. The zero-order valence-electron chi connectivity index (χ0n) is 13.4. The SMILES string of the molecule is CCCC1CCC(CN)(C2(O)CCC(OC)CC2)CC1. The average molecular weight is 283 g/mol. The summed E-state index contributed by atoms with van der Waals surface area (Å²) in [5.41, 5.74) is 5.57. The van der Waals surface area contributed by atoms with Crippen molar-refractivity contribution >= 4 is 0 Å². The molecule has 0 aliphatic heterocycles. The maximum atomic E-state index is 11.2. The fourth-order valence-electron chi connectivity index (χ4n) is 4.62. The van der Waals surface area contributed by atoms with Crippen molar-refractivity contribution in [3.8, 4) is 0 Å². The highest BCUT2D eigenvalue weighted by Crippen LogP contribution is 2.52. The summed E-state index contributed by atoms with van der Waals surface area (Å²) in [6.07, 6.45) is 11.4. The zero-order chi connectivity index (χ0) is 14.6. The van der Waals surface area contributed by atoms with Crippen LogP contribution in [0.15, 0.2) is 0 Å². The third-order valence-corrected chi connectivity index (χ3v) is 6.23. The molecule has 3 heteroatoms. The summed E-state index contributed by atoms with van der Waals surface area (Å²) < 4.78 is 5.44. The monoisotopic (exact) mass is 283 g/mol. The largest absolute Gasteiger partial charge is 0.389 e. The van der Waals surface area contributed by atoms with Crippen LogP contribution in [0.3, 0.4) is 0 Å². The Labute approximate surface area is 124 Å². The van der Waals surface area contributed by atoms with E-state index in [1.165, 1.54) is 25.7 Å². The van der Waals surface area contributed by atoms with Crippen molar-refractivity contribution in [2.24, 2.45) is 17.1 Å². The van der Waals surface area contributed by atoms with Crippen molar-refractivity contribution < 1.29 is 9.84 Å². The molecule has 0 atom stereocenters. The van der Waals surface area contributed by atoms with E-state index in [0.29, 0.717) is 12.6 Å². The molecule has 0 aromatic rings. The number of nitrogens with two attached hydrogens (primary N) is 1. The summed E-state index contributed by atoms with van der Waals surface area (Å²) in [6, 6.07) is 0. The van der Waals surface area contributed by atoms with Crippen molar-refractivity contribution in [3.05, 3.63) is 0 Å². The van der Waals surface area contributed by atoms with E-state index in [0.717, 1.165) is 44.4 Å². The van der Waals surface area contributed by atoms with Crippen LogP contribution >= 0.6 is 0 Å². The molecule has 118 valence electrons. The van der Waals surface area contributed by atoms with Gasteiger partial charge in [-0.05, 0) is 57.3 Å². The Morgan fingerprint density at radius 2 is 1.70 bits per heavy atom. The number of hydrogen-bond donors (Lipinski definition) is 2. The fourth-order valence-corrected chi connectivity index (χ4v) is 4.62. The molecule has 0 amide bonds. The second-order valence-corrected chi connectivity index (χ2v) is 7.18.